The topological polar surface area (TPSA) is 71.7 Å². The third-order valence-corrected chi connectivity index (χ3v) is 4.47. The van der Waals surface area contributed by atoms with Gasteiger partial charge in [0, 0.05) is 25.6 Å². The molecule has 2 N–H and O–H groups in total. The first-order valence-electron chi connectivity index (χ1n) is 9.92. The maximum Gasteiger partial charge on any atom is 0.226 e. The molecule has 0 bridgehead atoms. The zero-order valence-electron chi connectivity index (χ0n) is 17.5. The zero-order chi connectivity index (χ0) is 21.3. The molecule has 1 aromatic heterocycles. The van der Waals surface area contributed by atoms with E-state index < -0.39 is 0 Å². The molecule has 0 fully saturated rings. The van der Waals surface area contributed by atoms with Gasteiger partial charge >= 0.3 is 0 Å². The number of rotatable bonds is 8. The second kappa shape index (κ2) is 10.4. The van der Waals surface area contributed by atoms with Crippen LogP contribution < -0.4 is 15.4 Å². The molecule has 1 heterocycles. The zero-order valence-corrected chi connectivity index (χ0v) is 17.5. The van der Waals surface area contributed by atoms with Gasteiger partial charge in [0.05, 0.1) is 12.2 Å². The predicted octanol–water partition coefficient (Wildman–Crippen LogP) is 3.96. The molecule has 2 aromatic carbocycles. The van der Waals surface area contributed by atoms with E-state index in [2.05, 4.69) is 20.6 Å². The molecule has 1 unspecified atom stereocenters. The minimum Gasteiger partial charge on any atom is -0.486 e. The normalized spacial score (nSPS) is 12.5. The summed E-state index contributed by atoms with van der Waals surface area (Å²) >= 11 is 0. The number of oxazole rings is 1. The van der Waals surface area contributed by atoms with Crippen LogP contribution >= 0.6 is 0 Å². The third-order valence-electron chi connectivity index (χ3n) is 4.47. The van der Waals surface area contributed by atoms with Crippen LogP contribution in [0.3, 0.4) is 0 Å². The molecule has 30 heavy (non-hydrogen) atoms. The van der Waals surface area contributed by atoms with Crippen LogP contribution in [-0.2, 0) is 6.42 Å². The van der Waals surface area contributed by atoms with Crippen molar-refractivity contribution < 1.29 is 13.5 Å². The summed E-state index contributed by atoms with van der Waals surface area (Å²) in [5.41, 5.74) is 3.02. The molecular weight excluding hydrogens is 383 g/mol. The number of nitrogens with one attached hydrogen (secondary N) is 2. The van der Waals surface area contributed by atoms with E-state index in [1.807, 2.05) is 38.1 Å². The first-order valence-corrected chi connectivity index (χ1v) is 9.92. The van der Waals surface area contributed by atoms with E-state index in [0.29, 0.717) is 31.4 Å². The van der Waals surface area contributed by atoms with Gasteiger partial charge in [-0.2, -0.15) is 0 Å². The molecular formula is C23H27FN4O2. The molecule has 6 nitrogen and oxygen atoms in total. The van der Waals surface area contributed by atoms with Crippen molar-refractivity contribution in [3.05, 3.63) is 71.9 Å². The number of aliphatic imine (C=N–C) groups is 1. The maximum absolute atomic E-state index is 13.7. The smallest absolute Gasteiger partial charge is 0.226 e. The van der Waals surface area contributed by atoms with Gasteiger partial charge in [0.25, 0.3) is 0 Å². The minimum atomic E-state index is -0.371. The fourth-order valence-corrected chi connectivity index (χ4v) is 2.82. The van der Waals surface area contributed by atoms with Crippen molar-refractivity contribution in [3.63, 3.8) is 0 Å². The van der Waals surface area contributed by atoms with Gasteiger partial charge in [0.2, 0.25) is 5.89 Å². The summed E-state index contributed by atoms with van der Waals surface area (Å²) in [4.78, 5) is 8.74. The van der Waals surface area contributed by atoms with Crippen molar-refractivity contribution >= 4 is 5.96 Å². The summed E-state index contributed by atoms with van der Waals surface area (Å²) in [5, 5.41) is 6.41. The Labute approximate surface area is 176 Å². The SMILES string of the molecule is CN=C(NCCc1coc(-c2ccc(C)cc2)n1)NCC(C)Oc1ccccc1F. The number of hydrogen-bond acceptors (Lipinski definition) is 4. The molecule has 1 atom stereocenters. The van der Waals surface area contributed by atoms with Gasteiger partial charge in [-0.3, -0.25) is 4.99 Å². The van der Waals surface area contributed by atoms with Crippen LogP contribution in [-0.4, -0.2) is 37.2 Å². The number of benzene rings is 2. The highest BCUT2D eigenvalue weighted by Crippen LogP contribution is 2.19. The van der Waals surface area contributed by atoms with Crippen LogP contribution in [0.2, 0.25) is 0 Å². The van der Waals surface area contributed by atoms with Crippen LogP contribution in [0.15, 0.2) is 64.2 Å². The Morgan fingerprint density at radius 1 is 1.17 bits per heavy atom. The lowest BCUT2D eigenvalue weighted by atomic mass is 10.1. The number of ether oxygens (including phenoxy) is 1. The van der Waals surface area contributed by atoms with E-state index in [-0.39, 0.29) is 17.7 Å². The Balaban J connectivity index is 1.42. The maximum atomic E-state index is 13.7. The molecule has 3 rings (SSSR count). The first-order chi connectivity index (χ1) is 14.5. The van der Waals surface area contributed by atoms with E-state index in [0.717, 1.165) is 11.3 Å². The fraction of sp³-hybridized carbons (Fsp3) is 0.304. The highest BCUT2D eigenvalue weighted by molar-refractivity contribution is 5.79. The molecule has 0 saturated carbocycles. The number of para-hydroxylation sites is 1. The summed E-state index contributed by atoms with van der Waals surface area (Å²) in [7, 11) is 1.70. The van der Waals surface area contributed by atoms with Gasteiger partial charge < -0.3 is 19.8 Å². The summed E-state index contributed by atoms with van der Waals surface area (Å²) in [6.45, 7) is 5.04. The second-order valence-electron chi connectivity index (χ2n) is 7.00. The Morgan fingerprint density at radius 2 is 1.93 bits per heavy atom. The Bertz CT molecular complexity index is 969. The molecule has 7 heteroatoms. The van der Waals surface area contributed by atoms with E-state index >= 15 is 0 Å². The number of halogens is 1. The quantitative estimate of drug-likeness (QED) is 0.434. The average Bonchev–Trinajstić information content (AvgIpc) is 3.21. The monoisotopic (exact) mass is 410 g/mol. The van der Waals surface area contributed by atoms with Crippen molar-refractivity contribution in [1.29, 1.82) is 0 Å². The average molecular weight is 410 g/mol. The molecule has 0 amide bonds. The van der Waals surface area contributed by atoms with Crippen LogP contribution in [0.1, 0.15) is 18.2 Å². The number of nitrogens with zero attached hydrogens (tertiary/aromatic N) is 2. The lowest BCUT2D eigenvalue weighted by molar-refractivity contribution is 0.214. The van der Waals surface area contributed by atoms with Gasteiger partial charge in [-0.15, -0.1) is 0 Å². The molecule has 0 radical (unpaired) electrons. The molecule has 0 aliphatic rings. The summed E-state index contributed by atoms with van der Waals surface area (Å²) in [5.74, 6) is 1.13. The standard InChI is InChI=1S/C23H27FN4O2/c1-16-8-10-18(11-9-16)22-28-19(15-29-22)12-13-26-23(25-3)27-14-17(2)30-21-7-5-4-6-20(21)24/h4-11,15,17H,12-14H2,1-3H3,(H2,25,26,27). The van der Waals surface area contributed by atoms with E-state index in [9.17, 15) is 4.39 Å². The molecule has 3 aromatic rings. The van der Waals surface area contributed by atoms with E-state index in [1.54, 1.807) is 31.5 Å². The third kappa shape index (κ3) is 6.07. The highest BCUT2D eigenvalue weighted by Gasteiger charge is 2.10. The van der Waals surface area contributed by atoms with E-state index in [1.165, 1.54) is 11.6 Å². The second-order valence-corrected chi connectivity index (χ2v) is 7.00. The number of aromatic nitrogens is 1. The van der Waals surface area contributed by atoms with Crippen molar-refractivity contribution in [2.75, 3.05) is 20.1 Å². The predicted molar refractivity (Wildman–Crippen MR) is 116 cm³/mol. The summed E-state index contributed by atoms with van der Waals surface area (Å²) in [6.07, 6.45) is 2.14. The number of guanidine groups is 1. The van der Waals surface area contributed by atoms with Gasteiger partial charge in [0.15, 0.2) is 17.5 Å². The Kier molecular flexibility index (Phi) is 7.43. The van der Waals surface area contributed by atoms with Crippen molar-refractivity contribution in [3.8, 4) is 17.2 Å². The van der Waals surface area contributed by atoms with E-state index in [4.69, 9.17) is 9.15 Å². The molecule has 158 valence electrons. The molecule has 0 aliphatic heterocycles. The summed E-state index contributed by atoms with van der Waals surface area (Å²) < 4.78 is 24.9. The lowest BCUT2D eigenvalue weighted by Crippen LogP contribution is -2.42. The molecule has 0 spiro atoms. The van der Waals surface area contributed by atoms with Crippen LogP contribution in [0, 0.1) is 12.7 Å². The first kappa shape index (κ1) is 21.4. The molecule has 0 aliphatic carbocycles. The largest absolute Gasteiger partial charge is 0.486 e. The fourth-order valence-electron chi connectivity index (χ4n) is 2.82. The van der Waals surface area contributed by atoms with Gasteiger partial charge in [-0.05, 0) is 38.1 Å². The number of hydrogen-bond donors (Lipinski definition) is 2. The van der Waals surface area contributed by atoms with Crippen LogP contribution in [0.4, 0.5) is 4.39 Å². The highest BCUT2D eigenvalue weighted by atomic mass is 19.1. The van der Waals surface area contributed by atoms with Gasteiger partial charge in [0.1, 0.15) is 12.4 Å². The van der Waals surface area contributed by atoms with Crippen molar-refractivity contribution in [2.24, 2.45) is 4.99 Å². The van der Waals surface area contributed by atoms with Gasteiger partial charge in [-0.1, -0.05) is 29.8 Å². The minimum absolute atomic E-state index is 0.229. The van der Waals surface area contributed by atoms with Crippen LogP contribution in [0.25, 0.3) is 11.5 Å². The van der Waals surface area contributed by atoms with Crippen LogP contribution in [0.5, 0.6) is 5.75 Å². The van der Waals surface area contributed by atoms with Gasteiger partial charge in [-0.25, -0.2) is 9.37 Å². The molecule has 0 saturated heterocycles. The summed E-state index contributed by atoms with van der Waals surface area (Å²) in [6, 6.07) is 14.4. The van der Waals surface area contributed by atoms with Crippen molar-refractivity contribution in [2.45, 2.75) is 26.4 Å². The Hall–Kier alpha value is -3.35. The Morgan fingerprint density at radius 3 is 2.67 bits per heavy atom. The van der Waals surface area contributed by atoms with Crippen molar-refractivity contribution in [1.82, 2.24) is 15.6 Å². The number of aryl methyl sites for hydroxylation is 1. The lowest BCUT2D eigenvalue weighted by Gasteiger charge is -2.18.